The molecule has 2 aromatic rings. The Morgan fingerprint density at radius 1 is 1.07 bits per heavy atom. The van der Waals surface area contributed by atoms with Gasteiger partial charge in [-0.2, -0.15) is 4.31 Å². The Balaban J connectivity index is 1.60. The van der Waals surface area contributed by atoms with Gasteiger partial charge in [-0.05, 0) is 55.7 Å². The average Bonchev–Trinajstić information content (AvgIpc) is 3.03. The summed E-state index contributed by atoms with van der Waals surface area (Å²) in [5.74, 6) is -0.236. The Kier molecular flexibility index (Phi) is 7.88. The molecule has 3 rings (SSSR count). The molecule has 1 amide bonds. The first kappa shape index (κ1) is 22.7. The highest BCUT2D eigenvalue weighted by Gasteiger charge is 2.25. The number of amides is 1. The molecule has 0 spiro atoms. The summed E-state index contributed by atoms with van der Waals surface area (Å²) in [5, 5.41) is 6.61. The highest BCUT2D eigenvalue weighted by molar-refractivity contribution is 7.89. The second kappa shape index (κ2) is 10.4. The number of carbonyl (C=O) groups is 1. The van der Waals surface area contributed by atoms with Crippen LogP contribution in [-0.4, -0.2) is 38.3 Å². The first-order chi connectivity index (χ1) is 14.4. The van der Waals surface area contributed by atoms with Crippen LogP contribution in [0, 0.1) is 0 Å². The van der Waals surface area contributed by atoms with Crippen LogP contribution in [0.5, 0.6) is 0 Å². The summed E-state index contributed by atoms with van der Waals surface area (Å²) in [6, 6.07) is 13.9. The van der Waals surface area contributed by atoms with Crippen LogP contribution < -0.4 is 10.6 Å². The van der Waals surface area contributed by atoms with Crippen molar-refractivity contribution in [3.05, 3.63) is 59.1 Å². The minimum Gasteiger partial charge on any atom is -0.325 e. The molecule has 2 aromatic carbocycles. The molecule has 1 fully saturated rings. The summed E-state index contributed by atoms with van der Waals surface area (Å²) < 4.78 is 27.5. The zero-order valence-electron chi connectivity index (χ0n) is 17.1. The molecule has 30 heavy (non-hydrogen) atoms. The Bertz CT molecular complexity index is 956. The Labute approximate surface area is 183 Å². The minimum absolute atomic E-state index is 0.0252. The van der Waals surface area contributed by atoms with Crippen LogP contribution in [-0.2, 0) is 14.8 Å². The zero-order valence-corrected chi connectivity index (χ0v) is 18.7. The lowest BCUT2D eigenvalue weighted by atomic mass is 10.1. The van der Waals surface area contributed by atoms with Crippen molar-refractivity contribution in [2.45, 2.75) is 43.5 Å². The van der Waals surface area contributed by atoms with E-state index in [0.717, 1.165) is 31.2 Å². The fourth-order valence-corrected chi connectivity index (χ4v) is 5.18. The molecule has 1 heterocycles. The molecule has 1 aliphatic heterocycles. The molecule has 1 aliphatic rings. The van der Waals surface area contributed by atoms with Gasteiger partial charge in [-0.15, -0.1) is 0 Å². The molecule has 1 saturated heterocycles. The summed E-state index contributed by atoms with van der Waals surface area (Å²) >= 11 is 5.91. The number of rotatable bonds is 7. The van der Waals surface area contributed by atoms with Crippen LogP contribution in [0.3, 0.4) is 0 Å². The highest BCUT2D eigenvalue weighted by atomic mass is 35.5. The van der Waals surface area contributed by atoms with Crippen molar-refractivity contribution in [1.29, 1.82) is 0 Å². The number of halogens is 1. The van der Waals surface area contributed by atoms with E-state index in [4.69, 9.17) is 11.6 Å². The number of benzene rings is 2. The summed E-state index contributed by atoms with van der Waals surface area (Å²) in [7, 11) is -3.55. The molecular formula is C22H28ClN3O3S. The molecule has 0 saturated carbocycles. The number of anilines is 1. The monoisotopic (exact) mass is 449 g/mol. The molecule has 2 N–H and O–H groups in total. The third-order valence-electron chi connectivity index (χ3n) is 5.26. The van der Waals surface area contributed by atoms with E-state index in [1.807, 2.05) is 31.2 Å². The maximum atomic E-state index is 13.0. The van der Waals surface area contributed by atoms with E-state index in [1.54, 1.807) is 22.5 Å². The van der Waals surface area contributed by atoms with Crippen LogP contribution in [0.2, 0.25) is 5.02 Å². The van der Waals surface area contributed by atoms with E-state index in [9.17, 15) is 13.2 Å². The molecule has 6 nitrogen and oxygen atoms in total. The Morgan fingerprint density at radius 2 is 1.73 bits per heavy atom. The topological polar surface area (TPSA) is 78.5 Å². The average molecular weight is 450 g/mol. The van der Waals surface area contributed by atoms with Crippen molar-refractivity contribution in [3.63, 3.8) is 0 Å². The molecule has 1 atom stereocenters. The van der Waals surface area contributed by atoms with Crippen LogP contribution in [0.25, 0.3) is 0 Å². The predicted octanol–water partition coefficient (Wildman–Crippen LogP) is 4.19. The van der Waals surface area contributed by atoms with E-state index in [-0.39, 0.29) is 23.4 Å². The number of sulfonamides is 1. The molecule has 8 heteroatoms. The van der Waals surface area contributed by atoms with Crippen LogP contribution in [0.1, 0.15) is 44.2 Å². The van der Waals surface area contributed by atoms with Crippen LogP contribution in [0.15, 0.2) is 53.4 Å². The van der Waals surface area contributed by atoms with Gasteiger partial charge in [0.2, 0.25) is 15.9 Å². The fourth-order valence-electron chi connectivity index (χ4n) is 3.49. The third-order valence-corrected chi connectivity index (χ3v) is 7.41. The van der Waals surface area contributed by atoms with Gasteiger partial charge in [0.25, 0.3) is 0 Å². The van der Waals surface area contributed by atoms with Gasteiger partial charge in [0.05, 0.1) is 11.4 Å². The Morgan fingerprint density at radius 3 is 2.40 bits per heavy atom. The van der Waals surface area contributed by atoms with E-state index in [2.05, 4.69) is 10.6 Å². The number of hydrogen-bond donors (Lipinski definition) is 2. The number of carbonyl (C=O) groups excluding carboxylic acids is 1. The predicted molar refractivity (Wildman–Crippen MR) is 120 cm³/mol. The summed E-state index contributed by atoms with van der Waals surface area (Å²) in [6.07, 6.45) is 3.88. The Hall–Kier alpha value is -1.93. The maximum Gasteiger partial charge on any atom is 0.243 e. The van der Waals surface area contributed by atoms with Crippen molar-refractivity contribution < 1.29 is 13.2 Å². The van der Waals surface area contributed by atoms with E-state index in [1.165, 1.54) is 6.07 Å². The number of nitrogens with zero attached hydrogens (tertiary/aromatic N) is 1. The zero-order chi connectivity index (χ0) is 21.6. The maximum absolute atomic E-state index is 13.0. The summed E-state index contributed by atoms with van der Waals surface area (Å²) in [4.78, 5) is 12.6. The molecule has 0 aromatic heterocycles. The van der Waals surface area contributed by atoms with E-state index < -0.39 is 10.0 Å². The lowest BCUT2D eigenvalue weighted by Crippen LogP contribution is -2.32. The lowest BCUT2D eigenvalue weighted by Gasteiger charge is -2.20. The largest absolute Gasteiger partial charge is 0.325 e. The standard InChI is InChI=1S/C22H28ClN3O3S/c1-17(18-9-11-19(23)12-10-18)24-16-22(27)25-20-7-6-8-21(15-20)30(28,29)26-13-4-2-3-5-14-26/h6-12,15,17,24H,2-5,13-14,16H2,1H3,(H,25,27)/t17-/m1/s1. The third kappa shape index (κ3) is 6.04. The second-order valence-electron chi connectivity index (χ2n) is 7.55. The summed E-state index contributed by atoms with van der Waals surface area (Å²) in [5.41, 5.74) is 1.49. The van der Waals surface area contributed by atoms with Crippen molar-refractivity contribution >= 4 is 33.2 Å². The lowest BCUT2D eigenvalue weighted by molar-refractivity contribution is -0.115. The fraction of sp³-hybridized carbons (Fsp3) is 0.409. The van der Waals surface area contributed by atoms with Gasteiger partial charge >= 0.3 is 0 Å². The van der Waals surface area contributed by atoms with Gasteiger partial charge in [0.15, 0.2) is 0 Å². The van der Waals surface area contributed by atoms with Crippen molar-refractivity contribution in [2.24, 2.45) is 0 Å². The van der Waals surface area contributed by atoms with Gasteiger partial charge in [-0.3, -0.25) is 4.79 Å². The van der Waals surface area contributed by atoms with E-state index in [0.29, 0.717) is 23.8 Å². The minimum atomic E-state index is -3.55. The molecule has 0 aliphatic carbocycles. The van der Waals surface area contributed by atoms with Crippen LogP contribution in [0.4, 0.5) is 5.69 Å². The second-order valence-corrected chi connectivity index (χ2v) is 9.92. The van der Waals surface area contributed by atoms with Crippen molar-refractivity contribution in [3.8, 4) is 0 Å². The first-order valence-electron chi connectivity index (χ1n) is 10.3. The van der Waals surface area contributed by atoms with Crippen LogP contribution >= 0.6 is 11.6 Å². The van der Waals surface area contributed by atoms with Gasteiger partial charge in [-0.25, -0.2) is 8.42 Å². The van der Waals surface area contributed by atoms with E-state index >= 15 is 0 Å². The molecule has 162 valence electrons. The number of nitrogens with one attached hydrogen (secondary N) is 2. The van der Waals surface area contributed by atoms with Crippen molar-refractivity contribution in [1.82, 2.24) is 9.62 Å². The summed E-state index contributed by atoms with van der Waals surface area (Å²) in [6.45, 7) is 3.16. The number of hydrogen-bond acceptors (Lipinski definition) is 4. The van der Waals surface area contributed by atoms with Crippen molar-refractivity contribution in [2.75, 3.05) is 25.0 Å². The van der Waals surface area contributed by atoms with Gasteiger partial charge in [0, 0.05) is 29.8 Å². The first-order valence-corrected chi connectivity index (χ1v) is 12.1. The molecule has 0 unspecified atom stereocenters. The SMILES string of the molecule is C[C@@H](NCC(=O)Nc1cccc(S(=O)(=O)N2CCCCCC2)c1)c1ccc(Cl)cc1. The normalized spacial score (nSPS) is 16.6. The molecular weight excluding hydrogens is 422 g/mol. The quantitative estimate of drug-likeness (QED) is 0.664. The van der Waals surface area contributed by atoms with Gasteiger partial charge in [-0.1, -0.05) is 42.6 Å². The molecule has 0 bridgehead atoms. The smallest absolute Gasteiger partial charge is 0.243 e. The molecule has 0 radical (unpaired) electrons. The van der Waals surface area contributed by atoms with Gasteiger partial charge in [0.1, 0.15) is 0 Å². The highest BCUT2D eigenvalue weighted by Crippen LogP contribution is 2.23. The van der Waals surface area contributed by atoms with Gasteiger partial charge < -0.3 is 10.6 Å².